The molecular weight excluding hydrogens is 544 g/mol. The number of nitrogens with zero attached hydrogens (tertiary/aromatic N) is 1. The van der Waals surface area contributed by atoms with Crippen LogP contribution in [0.4, 0.5) is 5.69 Å². The lowest BCUT2D eigenvalue weighted by atomic mass is 10.1. The first-order valence-corrected chi connectivity index (χ1v) is 14.9. The average Bonchev–Trinajstić information content (AvgIpc) is 3.41. The summed E-state index contributed by atoms with van der Waals surface area (Å²) in [6.45, 7) is 2.53. The Kier molecular flexibility index (Phi) is 8.59. The molecule has 1 atom stereocenters. The van der Waals surface area contributed by atoms with Gasteiger partial charge in [-0.2, -0.15) is 0 Å². The number of carbonyl (C=O) groups is 3. The SMILES string of the molecule is CC(=O)NCCCCc1ccc(-c2ncc(CNC(=O)c3ccc4c(c3)NC(=O)c3ccccc3[S+]4[O-])s2)cc1. The van der Waals surface area contributed by atoms with Crippen LogP contribution in [0.3, 0.4) is 0 Å². The molecule has 40 heavy (non-hydrogen) atoms. The number of fused-ring (bicyclic) bond motifs is 2. The van der Waals surface area contributed by atoms with Crippen LogP contribution in [0.25, 0.3) is 10.6 Å². The summed E-state index contributed by atoms with van der Waals surface area (Å²) in [6.07, 6.45) is 4.65. The third-order valence-electron chi connectivity index (χ3n) is 6.46. The number of nitrogens with one attached hydrogen (secondary N) is 3. The number of benzene rings is 3. The number of rotatable bonds is 9. The van der Waals surface area contributed by atoms with Gasteiger partial charge in [0, 0.05) is 46.8 Å². The summed E-state index contributed by atoms with van der Waals surface area (Å²) in [4.78, 5) is 42.9. The van der Waals surface area contributed by atoms with Gasteiger partial charge in [-0.1, -0.05) is 36.4 Å². The first-order chi connectivity index (χ1) is 19.4. The maximum Gasteiger partial charge on any atom is 0.260 e. The maximum absolute atomic E-state index is 13.1. The largest absolute Gasteiger partial charge is 0.606 e. The number of thiazole rings is 1. The Morgan fingerprint density at radius 3 is 2.60 bits per heavy atom. The van der Waals surface area contributed by atoms with Crippen molar-refractivity contribution < 1.29 is 18.9 Å². The van der Waals surface area contributed by atoms with Crippen LogP contribution in [-0.4, -0.2) is 33.8 Å². The number of carbonyl (C=O) groups excluding carboxylic acids is 3. The van der Waals surface area contributed by atoms with E-state index in [-0.39, 0.29) is 17.7 Å². The van der Waals surface area contributed by atoms with Crippen LogP contribution in [-0.2, 0) is 28.9 Å². The second-order valence-corrected chi connectivity index (χ2v) is 11.9. The maximum atomic E-state index is 13.1. The van der Waals surface area contributed by atoms with E-state index in [9.17, 15) is 18.9 Å². The van der Waals surface area contributed by atoms with Crippen LogP contribution in [0.1, 0.15) is 50.9 Å². The smallest absolute Gasteiger partial charge is 0.260 e. The number of amides is 3. The zero-order chi connectivity index (χ0) is 28.1. The molecule has 0 saturated heterocycles. The standard InChI is InChI=1S/C30H28N4O4S2/c1-19(35)31-15-5-4-6-20-9-11-21(12-10-20)30-33-18-23(39-30)17-32-28(36)22-13-14-27-25(16-22)34-29(37)24-7-2-3-8-26(24)40(27)38/h2-3,7-14,16,18H,4-6,15,17H2,1H3,(H,31,35)(H,32,36)(H,34,37). The highest BCUT2D eigenvalue weighted by Crippen LogP contribution is 2.34. The third-order valence-corrected chi connectivity index (χ3v) is 9.02. The van der Waals surface area contributed by atoms with Crippen molar-refractivity contribution in [1.29, 1.82) is 0 Å². The van der Waals surface area contributed by atoms with Crippen LogP contribution in [0, 0.1) is 0 Å². The van der Waals surface area contributed by atoms with Crippen molar-refractivity contribution in [3.63, 3.8) is 0 Å². The fourth-order valence-corrected chi connectivity index (χ4v) is 6.54. The Labute approximate surface area is 239 Å². The molecule has 5 rings (SSSR count). The number of hydrogen-bond donors (Lipinski definition) is 3. The number of aromatic nitrogens is 1. The fraction of sp³-hybridized carbons (Fsp3) is 0.200. The molecule has 3 N–H and O–H groups in total. The number of unbranched alkanes of at least 4 members (excludes halogenated alkanes) is 1. The summed E-state index contributed by atoms with van der Waals surface area (Å²) in [6, 6.07) is 19.9. The quantitative estimate of drug-likeness (QED) is 0.194. The molecule has 0 bridgehead atoms. The van der Waals surface area contributed by atoms with E-state index < -0.39 is 11.2 Å². The molecule has 3 aromatic carbocycles. The molecule has 10 heteroatoms. The lowest BCUT2D eigenvalue weighted by Gasteiger charge is -2.12. The van der Waals surface area contributed by atoms with Crippen LogP contribution in [0.2, 0.25) is 0 Å². The van der Waals surface area contributed by atoms with Gasteiger partial charge in [-0.25, -0.2) is 4.98 Å². The molecule has 0 radical (unpaired) electrons. The van der Waals surface area contributed by atoms with Gasteiger partial charge in [0.1, 0.15) is 5.01 Å². The van der Waals surface area contributed by atoms with Crippen LogP contribution in [0.5, 0.6) is 0 Å². The van der Waals surface area contributed by atoms with Crippen molar-refractivity contribution in [3.05, 3.63) is 94.5 Å². The highest BCUT2D eigenvalue weighted by molar-refractivity contribution is 7.91. The predicted octanol–water partition coefficient (Wildman–Crippen LogP) is 4.93. The molecule has 0 aliphatic carbocycles. The van der Waals surface area contributed by atoms with E-state index in [1.54, 1.807) is 48.7 Å². The molecule has 0 fully saturated rings. The van der Waals surface area contributed by atoms with Crippen molar-refractivity contribution in [3.8, 4) is 10.6 Å². The average molecular weight is 573 g/mol. The monoisotopic (exact) mass is 572 g/mol. The second-order valence-electron chi connectivity index (χ2n) is 9.38. The first-order valence-electron chi connectivity index (χ1n) is 12.9. The van der Waals surface area contributed by atoms with E-state index in [1.807, 2.05) is 0 Å². The van der Waals surface area contributed by atoms with Crippen molar-refractivity contribution in [1.82, 2.24) is 15.6 Å². The molecule has 3 amide bonds. The molecular formula is C30H28N4O4S2. The second kappa shape index (κ2) is 12.5. The summed E-state index contributed by atoms with van der Waals surface area (Å²) in [5, 5.41) is 9.38. The van der Waals surface area contributed by atoms with E-state index in [0.29, 0.717) is 39.7 Å². The van der Waals surface area contributed by atoms with Crippen molar-refractivity contribution in [2.24, 2.45) is 0 Å². The topological polar surface area (TPSA) is 123 Å². The lowest BCUT2D eigenvalue weighted by Crippen LogP contribution is -2.22. The molecule has 1 aromatic heterocycles. The van der Waals surface area contributed by atoms with Gasteiger partial charge in [-0.15, -0.1) is 11.3 Å². The lowest BCUT2D eigenvalue weighted by molar-refractivity contribution is -0.118. The highest BCUT2D eigenvalue weighted by atomic mass is 32.2. The summed E-state index contributed by atoms with van der Waals surface area (Å²) in [5.41, 5.74) is 3.33. The van der Waals surface area contributed by atoms with Gasteiger partial charge in [-0.3, -0.25) is 14.4 Å². The Balaban J connectivity index is 1.17. The van der Waals surface area contributed by atoms with Crippen LogP contribution < -0.4 is 16.0 Å². The summed E-state index contributed by atoms with van der Waals surface area (Å²) in [5.74, 6) is -0.657. The van der Waals surface area contributed by atoms with Gasteiger partial charge < -0.3 is 20.5 Å². The van der Waals surface area contributed by atoms with Gasteiger partial charge in [0.25, 0.3) is 11.8 Å². The molecule has 2 heterocycles. The van der Waals surface area contributed by atoms with Gasteiger partial charge in [0.05, 0.1) is 17.8 Å². The zero-order valence-electron chi connectivity index (χ0n) is 21.9. The summed E-state index contributed by atoms with van der Waals surface area (Å²) in [7, 11) is 0. The molecule has 0 spiro atoms. The Bertz CT molecular complexity index is 1550. The van der Waals surface area contributed by atoms with Crippen LogP contribution >= 0.6 is 11.3 Å². The van der Waals surface area contributed by atoms with E-state index in [4.69, 9.17) is 0 Å². The minimum Gasteiger partial charge on any atom is -0.606 e. The Hall–Kier alpha value is -3.99. The molecule has 1 aliphatic rings. The minimum absolute atomic E-state index is 0.00104. The predicted molar refractivity (Wildman–Crippen MR) is 156 cm³/mol. The van der Waals surface area contributed by atoms with Gasteiger partial charge in [-0.05, 0) is 55.2 Å². The molecule has 204 valence electrons. The third kappa shape index (κ3) is 6.41. The van der Waals surface area contributed by atoms with E-state index in [2.05, 4.69) is 45.2 Å². The molecule has 0 saturated carbocycles. The Morgan fingerprint density at radius 1 is 1.00 bits per heavy atom. The summed E-state index contributed by atoms with van der Waals surface area (Å²) >= 11 is -0.0281. The number of anilines is 1. The van der Waals surface area contributed by atoms with Crippen molar-refractivity contribution in [2.75, 3.05) is 11.9 Å². The van der Waals surface area contributed by atoms with E-state index >= 15 is 0 Å². The van der Waals surface area contributed by atoms with Crippen molar-refractivity contribution in [2.45, 2.75) is 42.5 Å². The highest BCUT2D eigenvalue weighted by Gasteiger charge is 2.30. The Morgan fingerprint density at radius 2 is 1.80 bits per heavy atom. The molecule has 4 aromatic rings. The van der Waals surface area contributed by atoms with Gasteiger partial charge >= 0.3 is 0 Å². The number of hydrogen-bond acceptors (Lipinski definition) is 6. The van der Waals surface area contributed by atoms with Crippen molar-refractivity contribution >= 4 is 45.9 Å². The minimum atomic E-state index is -1.54. The van der Waals surface area contributed by atoms with E-state index in [0.717, 1.165) is 34.7 Å². The van der Waals surface area contributed by atoms with Crippen LogP contribution in [0.15, 0.2) is 82.7 Å². The normalized spacial score (nSPS) is 13.9. The molecule has 8 nitrogen and oxygen atoms in total. The van der Waals surface area contributed by atoms with Gasteiger partial charge in [0.15, 0.2) is 9.79 Å². The number of aryl methyl sites for hydroxylation is 1. The first kappa shape index (κ1) is 27.6. The molecule has 1 aliphatic heterocycles. The zero-order valence-corrected chi connectivity index (χ0v) is 23.5. The summed E-state index contributed by atoms with van der Waals surface area (Å²) < 4.78 is 13.1. The fourth-order valence-electron chi connectivity index (χ4n) is 4.38. The van der Waals surface area contributed by atoms with E-state index in [1.165, 1.54) is 23.8 Å². The van der Waals surface area contributed by atoms with Gasteiger partial charge in [0.2, 0.25) is 5.91 Å². The molecule has 1 unspecified atom stereocenters.